The van der Waals surface area contributed by atoms with Gasteiger partial charge in [0.15, 0.2) is 0 Å². The van der Waals surface area contributed by atoms with Crippen molar-refractivity contribution in [1.29, 1.82) is 0 Å². The summed E-state index contributed by atoms with van der Waals surface area (Å²) in [6.45, 7) is -1.42. The average molecular weight is 324 g/mol. The number of rotatable bonds is 5. The van der Waals surface area contributed by atoms with E-state index in [0.29, 0.717) is 11.8 Å². The van der Waals surface area contributed by atoms with Crippen LogP contribution in [0, 0.1) is 29.6 Å². The van der Waals surface area contributed by atoms with E-state index in [2.05, 4.69) is 0 Å². The third-order valence-corrected chi connectivity index (χ3v) is 6.15. The molecule has 0 aromatic heterocycles. The summed E-state index contributed by atoms with van der Waals surface area (Å²) in [4.78, 5) is 12.2. The maximum Gasteiger partial charge on any atom is 0.392 e. The molecule has 21 heavy (non-hydrogen) atoms. The first-order valence-electron chi connectivity index (χ1n) is 7.15. The molecule has 4 rings (SSSR count). The minimum atomic E-state index is -5.46. The van der Waals surface area contributed by atoms with E-state index in [0.717, 1.165) is 25.7 Å². The molecule has 5 unspecified atom stereocenters. The zero-order valence-electron chi connectivity index (χ0n) is 11.4. The Kier molecular flexibility index (Phi) is 3.61. The van der Waals surface area contributed by atoms with Crippen LogP contribution in [0.1, 0.15) is 25.7 Å². The molecule has 120 valence electrons. The fraction of sp³-hybridized carbons (Fsp3) is 0.923. The number of Topliss-reactive ketones (excluding diaryl/α,β-unsaturated/α-hetero) is 1. The van der Waals surface area contributed by atoms with Crippen LogP contribution in [0.2, 0.25) is 0 Å². The van der Waals surface area contributed by atoms with Crippen molar-refractivity contribution in [2.45, 2.75) is 30.9 Å². The Balaban J connectivity index is 1.60. The summed E-state index contributed by atoms with van der Waals surface area (Å²) < 4.78 is 60.5. The van der Waals surface area contributed by atoms with Crippen LogP contribution in [-0.2, 0) is 19.6 Å². The van der Waals surface area contributed by atoms with Gasteiger partial charge in [0, 0.05) is 11.8 Å². The summed E-state index contributed by atoms with van der Waals surface area (Å²) in [6.07, 6.45) is 3.56. The highest BCUT2D eigenvalue weighted by Gasteiger charge is 2.53. The third kappa shape index (κ3) is 2.61. The van der Waals surface area contributed by atoms with Crippen molar-refractivity contribution in [2.24, 2.45) is 29.6 Å². The molecule has 0 spiro atoms. The van der Waals surface area contributed by atoms with Crippen LogP contribution < -0.4 is 0 Å². The lowest BCUT2D eigenvalue weighted by molar-refractivity contribution is -0.151. The van der Waals surface area contributed by atoms with Gasteiger partial charge >= 0.3 is 15.4 Å². The Labute approximate surface area is 121 Å². The summed E-state index contributed by atoms with van der Waals surface area (Å²) in [5, 5.41) is -4.30. The first kappa shape index (κ1) is 15.3. The van der Waals surface area contributed by atoms with Crippen LogP contribution in [0.15, 0.2) is 0 Å². The van der Waals surface area contributed by atoms with Crippen molar-refractivity contribution in [1.82, 2.24) is 0 Å². The van der Waals surface area contributed by atoms with Crippen molar-refractivity contribution in [2.75, 3.05) is 13.2 Å². The van der Waals surface area contributed by atoms with E-state index in [4.69, 9.17) is 9.29 Å². The molecule has 0 amide bonds. The summed E-state index contributed by atoms with van der Waals surface area (Å²) in [5.74, 6) is 1.000. The molecule has 4 aliphatic rings. The molecule has 4 saturated carbocycles. The highest BCUT2D eigenvalue weighted by atomic mass is 32.2. The zero-order chi connectivity index (χ0) is 15.4. The fourth-order valence-electron chi connectivity index (χ4n) is 4.39. The van der Waals surface area contributed by atoms with Gasteiger partial charge < -0.3 is 4.74 Å². The second kappa shape index (κ2) is 4.96. The Morgan fingerprint density at radius 2 is 1.95 bits per heavy atom. The lowest BCUT2D eigenvalue weighted by Crippen LogP contribution is -2.52. The summed E-state index contributed by atoms with van der Waals surface area (Å²) in [7, 11) is -5.46. The van der Waals surface area contributed by atoms with Gasteiger partial charge in [-0.2, -0.15) is 17.2 Å². The lowest BCUT2D eigenvalue weighted by atomic mass is 9.51. The van der Waals surface area contributed by atoms with Crippen molar-refractivity contribution < 1.29 is 31.3 Å². The number of carbonyl (C=O) groups excluding carboxylic acids is 1. The molecule has 0 heterocycles. The molecule has 0 radical (unpaired) electrons. The fourth-order valence-corrected chi connectivity index (χ4v) is 4.62. The molecule has 4 fully saturated rings. The average Bonchev–Trinajstić information content (AvgIpc) is 2.36. The van der Waals surface area contributed by atoms with Gasteiger partial charge in [0.05, 0.1) is 6.61 Å². The Morgan fingerprint density at radius 1 is 1.24 bits per heavy atom. The van der Waals surface area contributed by atoms with Gasteiger partial charge in [-0.1, -0.05) is 0 Å². The SMILES string of the molecule is O=C1C2CC3CC(C2)C(COCC(F)(F)S(=O)(=O)O)C1C3. The number of halogens is 2. The van der Waals surface area contributed by atoms with E-state index in [1.165, 1.54) is 0 Å². The van der Waals surface area contributed by atoms with E-state index in [-0.39, 0.29) is 30.1 Å². The molecular formula is C13H18F2O5S. The van der Waals surface area contributed by atoms with E-state index in [1.54, 1.807) is 0 Å². The second-order valence-electron chi connectivity index (χ2n) is 6.57. The van der Waals surface area contributed by atoms with Crippen LogP contribution in [-0.4, -0.2) is 37.2 Å². The van der Waals surface area contributed by atoms with Crippen molar-refractivity contribution in [3.05, 3.63) is 0 Å². The predicted octanol–water partition coefficient (Wildman–Crippen LogP) is 1.73. The van der Waals surface area contributed by atoms with E-state index in [9.17, 15) is 22.0 Å². The number of ketones is 1. The van der Waals surface area contributed by atoms with E-state index >= 15 is 0 Å². The van der Waals surface area contributed by atoms with Gasteiger partial charge in [-0.05, 0) is 43.4 Å². The van der Waals surface area contributed by atoms with Crippen LogP contribution in [0.4, 0.5) is 8.78 Å². The molecule has 0 saturated heterocycles. The standard InChI is InChI=1S/C13H18F2O5S/c14-13(15,21(17,18)19)6-20-5-11-8-1-7-2-9(4-8)12(16)10(11)3-7/h7-11H,1-6H2,(H,17,18,19). The number of ether oxygens (including phenoxy) is 1. The Bertz CT molecular complexity index is 547. The molecule has 0 aliphatic heterocycles. The molecule has 4 bridgehead atoms. The molecule has 5 atom stereocenters. The van der Waals surface area contributed by atoms with E-state index in [1.807, 2.05) is 0 Å². The molecule has 4 aliphatic carbocycles. The maximum absolute atomic E-state index is 13.1. The number of hydrogen-bond donors (Lipinski definition) is 1. The number of hydrogen-bond acceptors (Lipinski definition) is 4. The molecule has 5 nitrogen and oxygen atoms in total. The molecule has 1 N–H and O–H groups in total. The second-order valence-corrected chi connectivity index (χ2v) is 8.11. The minimum Gasteiger partial charge on any atom is -0.374 e. The van der Waals surface area contributed by atoms with Crippen molar-refractivity contribution in [3.63, 3.8) is 0 Å². The predicted molar refractivity (Wildman–Crippen MR) is 68.2 cm³/mol. The zero-order valence-corrected chi connectivity index (χ0v) is 12.2. The van der Waals surface area contributed by atoms with Crippen LogP contribution in [0.5, 0.6) is 0 Å². The maximum atomic E-state index is 13.1. The van der Waals surface area contributed by atoms with Gasteiger partial charge in [-0.25, -0.2) is 0 Å². The quantitative estimate of drug-likeness (QED) is 0.779. The van der Waals surface area contributed by atoms with Crippen molar-refractivity contribution >= 4 is 15.9 Å². The number of alkyl halides is 2. The highest BCUT2D eigenvalue weighted by Crippen LogP contribution is 2.54. The monoisotopic (exact) mass is 324 g/mol. The molecule has 8 heteroatoms. The van der Waals surface area contributed by atoms with Crippen LogP contribution in [0.25, 0.3) is 0 Å². The molecule has 0 aromatic carbocycles. The van der Waals surface area contributed by atoms with Gasteiger partial charge in [-0.15, -0.1) is 0 Å². The van der Waals surface area contributed by atoms with E-state index < -0.39 is 22.0 Å². The van der Waals surface area contributed by atoms with Gasteiger partial charge in [0.25, 0.3) is 0 Å². The van der Waals surface area contributed by atoms with Crippen molar-refractivity contribution in [3.8, 4) is 0 Å². The van der Waals surface area contributed by atoms with Gasteiger partial charge in [0.1, 0.15) is 12.4 Å². The Hall–Kier alpha value is -0.600. The lowest BCUT2D eigenvalue weighted by Gasteiger charge is -2.53. The summed E-state index contributed by atoms with van der Waals surface area (Å²) >= 11 is 0. The first-order chi connectivity index (χ1) is 9.69. The molecular weight excluding hydrogens is 306 g/mol. The Morgan fingerprint density at radius 3 is 2.62 bits per heavy atom. The summed E-state index contributed by atoms with van der Waals surface area (Å²) in [6, 6.07) is 0. The summed E-state index contributed by atoms with van der Waals surface area (Å²) in [5.41, 5.74) is 0. The van der Waals surface area contributed by atoms with Crippen LogP contribution >= 0.6 is 0 Å². The smallest absolute Gasteiger partial charge is 0.374 e. The number of carbonyl (C=O) groups is 1. The third-order valence-electron chi connectivity index (χ3n) is 5.28. The minimum absolute atomic E-state index is 0.0500. The normalized spacial score (nSPS) is 39.0. The molecule has 0 aromatic rings. The van der Waals surface area contributed by atoms with Gasteiger partial charge in [-0.3, -0.25) is 9.35 Å². The van der Waals surface area contributed by atoms with Gasteiger partial charge in [0.2, 0.25) is 0 Å². The largest absolute Gasteiger partial charge is 0.392 e. The topological polar surface area (TPSA) is 80.7 Å². The first-order valence-corrected chi connectivity index (χ1v) is 8.59. The highest BCUT2D eigenvalue weighted by molar-refractivity contribution is 7.86. The van der Waals surface area contributed by atoms with Crippen LogP contribution in [0.3, 0.4) is 0 Å².